The van der Waals surface area contributed by atoms with Gasteiger partial charge in [0.1, 0.15) is 0 Å². The topological polar surface area (TPSA) is 63.4 Å². The maximum atomic E-state index is 11.5. The lowest BCUT2D eigenvalue weighted by atomic mass is 10.2. The van der Waals surface area contributed by atoms with Gasteiger partial charge in [-0.15, -0.1) is 0 Å². The number of rotatable bonds is 3. The molecule has 0 bridgehead atoms. The van der Waals surface area contributed by atoms with Gasteiger partial charge in [0.2, 0.25) is 0 Å². The first-order valence-corrected chi connectivity index (χ1v) is 7.61. The van der Waals surface area contributed by atoms with E-state index in [0.29, 0.717) is 13.1 Å². The van der Waals surface area contributed by atoms with Crippen LogP contribution in [0.1, 0.15) is 5.56 Å². The van der Waals surface area contributed by atoms with E-state index in [9.17, 15) is 8.42 Å². The molecule has 0 spiro atoms. The second-order valence-corrected chi connectivity index (χ2v) is 6.69. The normalized spacial score (nSPS) is 24.6. The fraction of sp³-hybridized carbons (Fsp3) is 0.500. The quantitative estimate of drug-likeness (QED) is 0.839. The second kappa shape index (κ2) is 5.16. The Labute approximate surface area is 102 Å². The summed E-state index contributed by atoms with van der Waals surface area (Å²) in [5.74, 6) is 0.437. The van der Waals surface area contributed by atoms with Gasteiger partial charge in [0.15, 0.2) is 9.84 Å². The van der Waals surface area contributed by atoms with Crippen molar-refractivity contribution in [2.45, 2.75) is 12.6 Å². The van der Waals surface area contributed by atoms with Crippen LogP contribution >= 0.6 is 0 Å². The van der Waals surface area contributed by atoms with E-state index in [4.69, 9.17) is 5.73 Å². The van der Waals surface area contributed by atoms with Crippen LogP contribution < -0.4 is 5.73 Å². The van der Waals surface area contributed by atoms with Crippen LogP contribution in [0.4, 0.5) is 0 Å². The van der Waals surface area contributed by atoms with E-state index in [-0.39, 0.29) is 17.5 Å². The van der Waals surface area contributed by atoms with E-state index in [1.165, 1.54) is 5.56 Å². The summed E-state index contributed by atoms with van der Waals surface area (Å²) in [4.78, 5) is 2.16. The Morgan fingerprint density at radius 2 is 2.00 bits per heavy atom. The number of benzene rings is 1. The van der Waals surface area contributed by atoms with Crippen LogP contribution in [0.25, 0.3) is 0 Å². The predicted octanol–water partition coefficient (Wildman–Crippen LogP) is 0.244. The van der Waals surface area contributed by atoms with Gasteiger partial charge in [-0.25, -0.2) is 8.42 Å². The van der Waals surface area contributed by atoms with Crippen LogP contribution in [0.3, 0.4) is 0 Å². The van der Waals surface area contributed by atoms with E-state index in [2.05, 4.69) is 17.0 Å². The minimum absolute atomic E-state index is 0.0473. The average molecular weight is 254 g/mol. The van der Waals surface area contributed by atoms with Gasteiger partial charge >= 0.3 is 0 Å². The SMILES string of the molecule is NCC1CS(=O)(=O)CCN1Cc1ccccc1. The number of sulfone groups is 1. The predicted molar refractivity (Wildman–Crippen MR) is 68.3 cm³/mol. The largest absolute Gasteiger partial charge is 0.329 e. The van der Waals surface area contributed by atoms with Crippen LogP contribution in [0.5, 0.6) is 0 Å². The average Bonchev–Trinajstić information content (AvgIpc) is 2.32. The Hall–Kier alpha value is -0.910. The van der Waals surface area contributed by atoms with Crippen LogP contribution in [-0.2, 0) is 16.4 Å². The summed E-state index contributed by atoms with van der Waals surface area (Å²) >= 11 is 0. The number of hydrogen-bond acceptors (Lipinski definition) is 4. The van der Waals surface area contributed by atoms with E-state index >= 15 is 0 Å². The molecule has 4 nitrogen and oxygen atoms in total. The van der Waals surface area contributed by atoms with E-state index in [1.54, 1.807) is 0 Å². The molecule has 5 heteroatoms. The molecule has 17 heavy (non-hydrogen) atoms. The lowest BCUT2D eigenvalue weighted by molar-refractivity contribution is 0.209. The third-order valence-electron chi connectivity index (χ3n) is 3.15. The maximum Gasteiger partial charge on any atom is 0.153 e. The highest BCUT2D eigenvalue weighted by molar-refractivity contribution is 7.91. The third kappa shape index (κ3) is 3.28. The van der Waals surface area contributed by atoms with Crippen LogP contribution in [0, 0.1) is 0 Å². The van der Waals surface area contributed by atoms with E-state index in [1.807, 2.05) is 18.2 Å². The Morgan fingerprint density at radius 3 is 2.65 bits per heavy atom. The molecule has 0 amide bonds. The van der Waals surface area contributed by atoms with Crippen molar-refractivity contribution in [3.63, 3.8) is 0 Å². The molecule has 0 aromatic heterocycles. The van der Waals surface area contributed by atoms with Gasteiger partial charge in [-0.1, -0.05) is 30.3 Å². The fourth-order valence-electron chi connectivity index (χ4n) is 2.16. The number of hydrogen-bond donors (Lipinski definition) is 1. The molecule has 1 aliphatic heterocycles. The summed E-state index contributed by atoms with van der Waals surface area (Å²) in [6, 6.07) is 10.0. The van der Waals surface area contributed by atoms with Crippen molar-refractivity contribution in [1.82, 2.24) is 4.90 Å². The molecule has 0 aliphatic carbocycles. The smallest absolute Gasteiger partial charge is 0.153 e. The van der Waals surface area contributed by atoms with Crippen molar-refractivity contribution in [1.29, 1.82) is 0 Å². The van der Waals surface area contributed by atoms with Crippen LogP contribution in [0.15, 0.2) is 30.3 Å². The molecule has 1 aliphatic rings. The maximum absolute atomic E-state index is 11.5. The van der Waals surface area contributed by atoms with E-state index in [0.717, 1.165) is 6.54 Å². The Balaban J connectivity index is 2.06. The molecule has 0 saturated carbocycles. The summed E-state index contributed by atoms with van der Waals surface area (Å²) in [5, 5.41) is 0. The lowest BCUT2D eigenvalue weighted by Gasteiger charge is -2.34. The minimum atomic E-state index is -2.89. The Morgan fingerprint density at radius 1 is 1.29 bits per heavy atom. The summed E-state index contributed by atoms with van der Waals surface area (Å²) in [6.45, 7) is 1.75. The van der Waals surface area contributed by atoms with Gasteiger partial charge < -0.3 is 5.73 Å². The van der Waals surface area contributed by atoms with Crippen molar-refractivity contribution in [3.05, 3.63) is 35.9 Å². The van der Waals surface area contributed by atoms with Gasteiger partial charge in [0, 0.05) is 25.7 Å². The van der Waals surface area contributed by atoms with E-state index < -0.39 is 9.84 Å². The summed E-state index contributed by atoms with van der Waals surface area (Å²) < 4.78 is 23.1. The number of nitrogens with zero attached hydrogens (tertiary/aromatic N) is 1. The molecular formula is C12H18N2O2S. The zero-order valence-corrected chi connectivity index (χ0v) is 10.6. The zero-order chi connectivity index (χ0) is 12.3. The highest BCUT2D eigenvalue weighted by atomic mass is 32.2. The molecule has 1 atom stereocenters. The lowest BCUT2D eigenvalue weighted by Crippen LogP contribution is -2.51. The molecule has 1 aromatic rings. The second-order valence-electron chi connectivity index (χ2n) is 4.46. The standard InChI is InChI=1S/C12H18N2O2S/c13-8-12-10-17(15,16)7-6-14(12)9-11-4-2-1-3-5-11/h1-5,12H,6-10,13H2. The highest BCUT2D eigenvalue weighted by Crippen LogP contribution is 2.14. The molecule has 1 heterocycles. The minimum Gasteiger partial charge on any atom is -0.329 e. The van der Waals surface area contributed by atoms with Gasteiger partial charge in [-0.2, -0.15) is 0 Å². The molecule has 1 saturated heterocycles. The fourth-order valence-corrected chi connectivity index (χ4v) is 3.78. The molecule has 1 aromatic carbocycles. The Bertz CT molecular complexity index is 459. The van der Waals surface area contributed by atoms with Gasteiger partial charge in [0.05, 0.1) is 11.5 Å². The molecular weight excluding hydrogens is 236 g/mol. The summed E-state index contributed by atoms with van der Waals surface area (Å²) in [6.07, 6.45) is 0. The monoisotopic (exact) mass is 254 g/mol. The van der Waals surface area contributed by atoms with Crippen molar-refractivity contribution in [2.24, 2.45) is 5.73 Å². The van der Waals surface area contributed by atoms with Crippen molar-refractivity contribution >= 4 is 9.84 Å². The van der Waals surface area contributed by atoms with Crippen LogP contribution in [-0.4, -0.2) is 44.0 Å². The highest BCUT2D eigenvalue weighted by Gasteiger charge is 2.29. The first kappa shape index (κ1) is 12.5. The molecule has 2 N–H and O–H groups in total. The molecule has 0 radical (unpaired) electrons. The summed E-state index contributed by atoms with van der Waals surface area (Å²) in [7, 11) is -2.89. The molecule has 94 valence electrons. The van der Waals surface area contributed by atoms with Crippen molar-refractivity contribution in [3.8, 4) is 0 Å². The summed E-state index contributed by atoms with van der Waals surface area (Å²) in [5.41, 5.74) is 6.86. The third-order valence-corrected chi connectivity index (χ3v) is 4.85. The van der Waals surface area contributed by atoms with Gasteiger partial charge in [-0.05, 0) is 5.56 Å². The molecule has 1 fully saturated rings. The zero-order valence-electron chi connectivity index (χ0n) is 9.75. The van der Waals surface area contributed by atoms with Crippen molar-refractivity contribution in [2.75, 3.05) is 24.6 Å². The first-order valence-electron chi connectivity index (χ1n) is 5.79. The Kier molecular flexibility index (Phi) is 3.81. The molecule has 1 unspecified atom stereocenters. The van der Waals surface area contributed by atoms with Gasteiger partial charge in [-0.3, -0.25) is 4.90 Å². The van der Waals surface area contributed by atoms with Crippen LogP contribution in [0.2, 0.25) is 0 Å². The van der Waals surface area contributed by atoms with Gasteiger partial charge in [0.25, 0.3) is 0 Å². The first-order chi connectivity index (χ1) is 8.11. The number of nitrogens with two attached hydrogens (primary N) is 1. The van der Waals surface area contributed by atoms with Crippen molar-refractivity contribution < 1.29 is 8.42 Å². The molecule has 2 rings (SSSR count).